The van der Waals surface area contributed by atoms with Crippen LogP contribution in [0.5, 0.6) is 0 Å². The molecule has 1 aliphatic carbocycles. The van der Waals surface area contributed by atoms with E-state index in [0.717, 1.165) is 29.0 Å². The topological polar surface area (TPSA) is 71.1 Å². The molecule has 0 saturated heterocycles. The maximum Gasteiger partial charge on any atom is 0.243 e. The van der Waals surface area contributed by atoms with Crippen molar-refractivity contribution in [3.05, 3.63) is 83.5 Å². The number of halogens is 1. The predicted molar refractivity (Wildman–Crippen MR) is 121 cm³/mol. The zero-order valence-electron chi connectivity index (χ0n) is 16.0. The summed E-state index contributed by atoms with van der Waals surface area (Å²) in [5.41, 5.74) is 1.66. The van der Waals surface area contributed by atoms with Crippen molar-refractivity contribution < 1.29 is 9.59 Å². The van der Waals surface area contributed by atoms with Crippen molar-refractivity contribution in [2.75, 3.05) is 10.6 Å². The molecule has 0 bridgehead atoms. The Labute approximate surface area is 184 Å². The van der Waals surface area contributed by atoms with Crippen molar-refractivity contribution in [1.82, 2.24) is 4.98 Å². The fraction of sp³-hybridized carbons (Fsp3) is 0.174. The lowest BCUT2D eigenvalue weighted by Gasteiger charge is -2.17. The van der Waals surface area contributed by atoms with E-state index in [1.165, 1.54) is 18.0 Å². The van der Waals surface area contributed by atoms with Crippen molar-refractivity contribution >= 4 is 46.7 Å². The molecule has 1 unspecified atom stereocenters. The number of hydrogen-bond acceptors (Lipinski definition) is 4. The average Bonchev–Trinajstić information content (AvgIpc) is 3.61. The summed E-state index contributed by atoms with van der Waals surface area (Å²) in [6.07, 6.45) is 3.43. The van der Waals surface area contributed by atoms with Gasteiger partial charge in [0.25, 0.3) is 0 Å². The number of anilines is 2. The number of aromatic nitrogens is 1. The molecule has 1 atom stereocenters. The van der Waals surface area contributed by atoms with Crippen LogP contribution in [0, 0.1) is 5.92 Å². The van der Waals surface area contributed by atoms with Crippen LogP contribution in [0.2, 0.25) is 5.02 Å². The molecule has 1 fully saturated rings. The van der Waals surface area contributed by atoms with E-state index in [9.17, 15) is 9.59 Å². The summed E-state index contributed by atoms with van der Waals surface area (Å²) in [6.45, 7) is 0. The van der Waals surface area contributed by atoms with Gasteiger partial charge in [0.1, 0.15) is 11.1 Å². The molecule has 1 aliphatic rings. The van der Waals surface area contributed by atoms with Gasteiger partial charge in [0, 0.05) is 22.7 Å². The number of carbonyl (C=O) groups excluding carboxylic acids is 2. The lowest BCUT2D eigenvalue weighted by atomic mass is 10.1. The molecule has 4 rings (SSSR count). The summed E-state index contributed by atoms with van der Waals surface area (Å²) >= 11 is 7.31. The third-order valence-electron chi connectivity index (χ3n) is 4.64. The van der Waals surface area contributed by atoms with Gasteiger partial charge in [0.15, 0.2) is 0 Å². The molecule has 2 amide bonds. The summed E-state index contributed by atoms with van der Waals surface area (Å²) in [4.78, 5) is 30.0. The van der Waals surface area contributed by atoms with E-state index >= 15 is 0 Å². The quantitative estimate of drug-likeness (QED) is 0.475. The van der Waals surface area contributed by atoms with Crippen LogP contribution < -0.4 is 10.6 Å². The fourth-order valence-corrected chi connectivity index (χ4v) is 4.02. The molecule has 1 aromatic heterocycles. The Morgan fingerprint density at radius 3 is 2.33 bits per heavy atom. The van der Waals surface area contributed by atoms with E-state index in [1.807, 2.05) is 54.6 Å². The Hall–Kier alpha value is -2.83. The summed E-state index contributed by atoms with van der Waals surface area (Å²) in [7, 11) is 0. The molecule has 5 nitrogen and oxygen atoms in total. The molecule has 7 heteroatoms. The van der Waals surface area contributed by atoms with Gasteiger partial charge >= 0.3 is 0 Å². The first-order valence-electron chi connectivity index (χ1n) is 9.63. The van der Waals surface area contributed by atoms with Crippen molar-refractivity contribution in [3.63, 3.8) is 0 Å². The van der Waals surface area contributed by atoms with Crippen molar-refractivity contribution in [3.8, 4) is 0 Å². The molecule has 30 heavy (non-hydrogen) atoms. The minimum Gasteiger partial charge on any atom is -0.326 e. The average molecular weight is 438 g/mol. The van der Waals surface area contributed by atoms with Crippen LogP contribution in [0.3, 0.4) is 0 Å². The highest BCUT2D eigenvalue weighted by Gasteiger charge is 2.29. The first-order valence-corrected chi connectivity index (χ1v) is 10.9. The number of amides is 2. The van der Waals surface area contributed by atoms with E-state index in [4.69, 9.17) is 11.6 Å². The number of benzene rings is 2. The van der Waals surface area contributed by atoms with E-state index in [2.05, 4.69) is 15.6 Å². The maximum atomic E-state index is 13.0. The van der Waals surface area contributed by atoms with Crippen LogP contribution in [-0.2, 0) is 9.59 Å². The molecule has 1 saturated carbocycles. The molecule has 2 aromatic carbocycles. The Morgan fingerprint density at radius 2 is 1.70 bits per heavy atom. The van der Waals surface area contributed by atoms with Gasteiger partial charge in [-0.15, -0.1) is 11.8 Å². The lowest BCUT2D eigenvalue weighted by Crippen LogP contribution is -2.19. The van der Waals surface area contributed by atoms with Gasteiger partial charge in [0.05, 0.1) is 5.02 Å². The van der Waals surface area contributed by atoms with Gasteiger partial charge in [-0.05, 0) is 54.8 Å². The van der Waals surface area contributed by atoms with Crippen LogP contribution >= 0.6 is 23.4 Å². The number of thioether (sulfide) groups is 1. The van der Waals surface area contributed by atoms with Crippen molar-refractivity contribution in [1.29, 1.82) is 0 Å². The number of nitrogens with zero attached hydrogens (tertiary/aromatic N) is 1. The molecule has 152 valence electrons. The standard InChI is InChI=1S/C23H20ClN3O2S/c24-17-8-13-20(25-14-17)27-23(29)21(15-4-2-1-3-5-15)30-19-11-9-18(10-12-19)26-22(28)16-6-7-16/h1-5,8-14,16,21H,6-7H2,(H,26,28)(H,25,27,29). The van der Waals surface area contributed by atoms with Crippen LogP contribution in [0.4, 0.5) is 11.5 Å². The van der Waals surface area contributed by atoms with E-state index in [-0.39, 0.29) is 17.7 Å². The van der Waals surface area contributed by atoms with E-state index < -0.39 is 5.25 Å². The summed E-state index contributed by atoms with van der Waals surface area (Å²) in [5, 5.41) is 5.84. The predicted octanol–water partition coefficient (Wildman–Crippen LogP) is 5.56. The molecule has 3 aromatic rings. The molecule has 0 spiro atoms. The Bertz CT molecular complexity index is 1020. The highest BCUT2D eigenvalue weighted by atomic mass is 35.5. The Balaban J connectivity index is 1.49. The summed E-state index contributed by atoms with van der Waals surface area (Å²) < 4.78 is 0. The number of carbonyl (C=O) groups is 2. The first kappa shape index (κ1) is 20.4. The Kier molecular flexibility index (Phi) is 6.35. The van der Waals surface area contributed by atoms with Crippen molar-refractivity contribution in [2.24, 2.45) is 5.92 Å². The second-order valence-electron chi connectivity index (χ2n) is 7.05. The van der Waals surface area contributed by atoms with Crippen LogP contribution in [0.1, 0.15) is 23.7 Å². The molecule has 2 N–H and O–H groups in total. The van der Waals surface area contributed by atoms with Gasteiger partial charge in [-0.3, -0.25) is 9.59 Å². The molecule has 0 radical (unpaired) electrons. The van der Waals surface area contributed by atoms with E-state index in [0.29, 0.717) is 10.8 Å². The van der Waals surface area contributed by atoms with Gasteiger partial charge in [0.2, 0.25) is 11.8 Å². The number of rotatable bonds is 7. The maximum absolute atomic E-state index is 13.0. The molecular weight excluding hydrogens is 418 g/mol. The van der Waals surface area contributed by atoms with Crippen LogP contribution in [0.15, 0.2) is 77.8 Å². The van der Waals surface area contributed by atoms with Crippen LogP contribution in [-0.4, -0.2) is 16.8 Å². The minimum atomic E-state index is -0.462. The van der Waals surface area contributed by atoms with Crippen molar-refractivity contribution in [2.45, 2.75) is 23.0 Å². The minimum absolute atomic E-state index is 0.0763. The fourth-order valence-electron chi connectivity index (χ4n) is 2.89. The second kappa shape index (κ2) is 9.32. The van der Waals surface area contributed by atoms with Crippen LogP contribution in [0.25, 0.3) is 0 Å². The van der Waals surface area contributed by atoms with Gasteiger partial charge in [-0.2, -0.15) is 0 Å². The molecule has 1 heterocycles. The SMILES string of the molecule is O=C(Nc1ccc(SC(C(=O)Nc2ccc(Cl)cn2)c2ccccc2)cc1)C1CC1. The Morgan fingerprint density at radius 1 is 0.967 bits per heavy atom. The highest BCUT2D eigenvalue weighted by molar-refractivity contribution is 8.00. The second-order valence-corrected chi connectivity index (χ2v) is 8.66. The zero-order chi connectivity index (χ0) is 20.9. The third kappa shape index (κ3) is 5.40. The number of hydrogen-bond donors (Lipinski definition) is 2. The first-order chi connectivity index (χ1) is 14.6. The van der Waals surface area contributed by atoms with Gasteiger partial charge < -0.3 is 10.6 Å². The number of pyridine rings is 1. The lowest BCUT2D eigenvalue weighted by molar-refractivity contribution is -0.117. The largest absolute Gasteiger partial charge is 0.326 e. The third-order valence-corrected chi connectivity index (χ3v) is 6.13. The smallest absolute Gasteiger partial charge is 0.243 e. The summed E-state index contributed by atoms with van der Waals surface area (Å²) in [5.74, 6) is 0.510. The highest BCUT2D eigenvalue weighted by Crippen LogP contribution is 2.37. The monoisotopic (exact) mass is 437 g/mol. The normalized spacial score (nSPS) is 14.0. The number of nitrogens with one attached hydrogen (secondary N) is 2. The molecular formula is C23H20ClN3O2S. The van der Waals surface area contributed by atoms with E-state index in [1.54, 1.807) is 12.1 Å². The van der Waals surface area contributed by atoms with Gasteiger partial charge in [-0.1, -0.05) is 41.9 Å². The molecule has 0 aliphatic heterocycles. The summed E-state index contributed by atoms with van der Waals surface area (Å²) in [6, 6.07) is 20.5. The zero-order valence-corrected chi connectivity index (χ0v) is 17.6. The van der Waals surface area contributed by atoms with Gasteiger partial charge in [-0.25, -0.2) is 4.98 Å².